The molecule has 5 N–H and O–H groups in total. The molecule has 8 nitrogen and oxygen atoms in total. The molecule has 1 aliphatic rings. The topological polar surface area (TPSA) is 132 Å². The molecule has 0 saturated heterocycles. The monoisotopic (exact) mass is 559 g/mol. The smallest absolute Gasteiger partial charge is 0.329 e. The molecule has 4 rings (SSSR count). The van der Waals surface area contributed by atoms with E-state index in [1.54, 1.807) is 36.4 Å². The molecule has 1 heterocycles. The van der Waals surface area contributed by atoms with Crippen LogP contribution < -0.4 is 10.6 Å². The second kappa shape index (κ2) is 11.3. The van der Waals surface area contributed by atoms with Gasteiger partial charge in [0.2, 0.25) is 11.8 Å². The zero-order valence-electron chi connectivity index (χ0n) is 21.2. The van der Waals surface area contributed by atoms with Crippen molar-refractivity contribution < 1.29 is 24.6 Å². The highest BCUT2D eigenvalue weighted by molar-refractivity contribution is 6.38. The lowest BCUT2D eigenvalue weighted by Gasteiger charge is -2.36. The average Bonchev–Trinajstić information content (AvgIpc) is 3.24. The lowest BCUT2D eigenvalue weighted by atomic mass is 9.79. The van der Waals surface area contributed by atoms with Crippen molar-refractivity contribution in [1.29, 1.82) is 0 Å². The normalized spacial score (nSPS) is 18.4. The van der Waals surface area contributed by atoms with Crippen molar-refractivity contribution in [3.05, 3.63) is 63.3 Å². The summed E-state index contributed by atoms with van der Waals surface area (Å²) in [5, 5.41) is 27.4. The average molecular weight is 560 g/mol. The van der Waals surface area contributed by atoms with Crippen molar-refractivity contribution in [2.45, 2.75) is 64.0 Å². The number of phenols is 1. The number of carbonyl (C=O) groups excluding carboxylic acids is 2. The van der Waals surface area contributed by atoms with Crippen molar-refractivity contribution >= 4 is 51.9 Å². The second-order valence-electron chi connectivity index (χ2n) is 10.0. The van der Waals surface area contributed by atoms with Crippen LogP contribution >= 0.6 is 23.2 Å². The minimum atomic E-state index is -1.56. The zero-order valence-corrected chi connectivity index (χ0v) is 22.7. The second-order valence-corrected chi connectivity index (χ2v) is 10.8. The molecule has 2 aromatic carbocycles. The number of carboxylic acids is 1. The molecule has 10 heteroatoms. The maximum absolute atomic E-state index is 13.5. The van der Waals surface area contributed by atoms with Gasteiger partial charge in [-0.15, -0.1) is 0 Å². The van der Waals surface area contributed by atoms with Gasteiger partial charge in [-0.1, -0.05) is 61.7 Å². The molecule has 1 aliphatic carbocycles. The molecular weight excluding hydrogens is 529 g/mol. The van der Waals surface area contributed by atoms with Crippen molar-refractivity contribution in [2.24, 2.45) is 5.92 Å². The van der Waals surface area contributed by atoms with E-state index in [9.17, 15) is 24.6 Å². The van der Waals surface area contributed by atoms with E-state index in [2.05, 4.69) is 15.6 Å². The zero-order chi connectivity index (χ0) is 27.6. The summed E-state index contributed by atoms with van der Waals surface area (Å²) in [4.78, 5) is 42.2. The van der Waals surface area contributed by atoms with Crippen molar-refractivity contribution in [3.63, 3.8) is 0 Å². The molecule has 3 aromatic rings. The van der Waals surface area contributed by atoms with Gasteiger partial charge in [-0.25, -0.2) is 4.79 Å². The number of aryl methyl sites for hydroxylation is 2. The number of H-pyrrole nitrogens is 1. The van der Waals surface area contributed by atoms with E-state index in [0.29, 0.717) is 40.4 Å². The van der Waals surface area contributed by atoms with Gasteiger partial charge in [-0.3, -0.25) is 9.59 Å². The number of amides is 2. The van der Waals surface area contributed by atoms with E-state index in [1.165, 1.54) is 0 Å². The third kappa shape index (κ3) is 5.61. The highest BCUT2D eigenvalue weighted by Gasteiger charge is 2.45. The minimum absolute atomic E-state index is 0.0501. The Morgan fingerprint density at radius 2 is 1.92 bits per heavy atom. The van der Waals surface area contributed by atoms with Gasteiger partial charge in [-0.05, 0) is 54.5 Å². The first-order valence-electron chi connectivity index (χ1n) is 12.6. The molecule has 0 spiro atoms. The molecule has 38 heavy (non-hydrogen) atoms. The van der Waals surface area contributed by atoms with Crippen molar-refractivity contribution in [1.82, 2.24) is 15.6 Å². The van der Waals surface area contributed by atoms with Crippen LogP contribution in [0.5, 0.6) is 5.75 Å². The number of aromatic nitrogens is 1. The van der Waals surface area contributed by atoms with Crippen LogP contribution in [0, 0.1) is 5.92 Å². The van der Waals surface area contributed by atoms with Crippen LogP contribution in [-0.2, 0) is 33.6 Å². The number of aromatic amines is 1. The van der Waals surface area contributed by atoms with Crippen molar-refractivity contribution in [3.8, 4) is 5.75 Å². The third-order valence-corrected chi connectivity index (χ3v) is 8.01. The van der Waals surface area contributed by atoms with Crippen LogP contribution in [-0.4, -0.2) is 44.6 Å². The van der Waals surface area contributed by atoms with E-state index in [4.69, 9.17) is 23.2 Å². The highest BCUT2D eigenvalue weighted by atomic mass is 35.5. The van der Waals surface area contributed by atoms with Crippen LogP contribution in [0.3, 0.4) is 0 Å². The van der Waals surface area contributed by atoms with Gasteiger partial charge >= 0.3 is 5.97 Å². The summed E-state index contributed by atoms with van der Waals surface area (Å²) in [6.45, 7) is 3.74. The largest absolute Gasteiger partial charge is 0.508 e. The molecule has 1 aromatic heterocycles. The SMILES string of the molecule is CCC(C)C(NC(=O)CCc1ccccc1O)C(=O)N[C@@]1(C(=O)O)CCc2[nH]c3c(Cl)cc(Cl)cc3c2C1. The number of aromatic hydroxyl groups is 1. The van der Waals surface area contributed by atoms with Gasteiger partial charge < -0.3 is 25.8 Å². The summed E-state index contributed by atoms with van der Waals surface area (Å²) in [7, 11) is 0. The number of aliphatic carboxylic acids is 1. The van der Waals surface area contributed by atoms with Crippen LogP contribution in [0.15, 0.2) is 36.4 Å². The summed E-state index contributed by atoms with van der Waals surface area (Å²) >= 11 is 12.6. The number of halogens is 2. The lowest BCUT2D eigenvalue weighted by Crippen LogP contribution is -2.62. The fraction of sp³-hybridized carbons (Fsp3) is 0.393. The summed E-state index contributed by atoms with van der Waals surface area (Å²) < 4.78 is 0. The van der Waals surface area contributed by atoms with Crippen LogP contribution in [0.2, 0.25) is 10.0 Å². The number of carbonyl (C=O) groups is 3. The molecule has 0 saturated carbocycles. The Hall–Kier alpha value is -3.23. The van der Waals surface area contributed by atoms with E-state index >= 15 is 0 Å². The summed E-state index contributed by atoms with van der Waals surface area (Å²) in [5.41, 5.74) is 1.38. The summed E-state index contributed by atoms with van der Waals surface area (Å²) in [6.07, 6.45) is 1.60. The van der Waals surface area contributed by atoms with Crippen LogP contribution in [0.4, 0.5) is 0 Å². The Bertz CT molecular complexity index is 1390. The number of phenolic OH excluding ortho intramolecular Hbond substituents is 1. The Balaban J connectivity index is 1.54. The number of nitrogens with one attached hydrogen (secondary N) is 3. The molecule has 0 fully saturated rings. The Morgan fingerprint density at radius 1 is 1.18 bits per heavy atom. The first-order valence-corrected chi connectivity index (χ1v) is 13.4. The van der Waals surface area contributed by atoms with Gasteiger partial charge in [0.25, 0.3) is 0 Å². The number of benzene rings is 2. The van der Waals surface area contributed by atoms with Gasteiger partial charge in [0.1, 0.15) is 17.3 Å². The highest BCUT2D eigenvalue weighted by Crippen LogP contribution is 2.38. The van der Waals surface area contributed by atoms with E-state index in [1.807, 2.05) is 13.8 Å². The number of fused-ring (bicyclic) bond motifs is 3. The maximum atomic E-state index is 13.5. The number of hydrogen-bond acceptors (Lipinski definition) is 4. The van der Waals surface area contributed by atoms with Gasteiger partial charge in [0.15, 0.2) is 0 Å². The number of para-hydroxylation sites is 1. The minimum Gasteiger partial charge on any atom is -0.508 e. The molecule has 2 unspecified atom stereocenters. The van der Waals surface area contributed by atoms with E-state index < -0.39 is 23.5 Å². The molecule has 0 aliphatic heterocycles. The lowest BCUT2D eigenvalue weighted by molar-refractivity contribution is -0.149. The van der Waals surface area contributed by atoms with E-state index in [-0.39, 0.29) is 36.8 Å². The quantitative estimate of drug-likeness (QED) is 0.257. The standard InChI is InChI=1S/C28H31Cl2N3O5/c1-3-15(2)24(32-23(35)9-8-16-6-4-5-7-22(16)34)26(36)33-28(27(37)38)11-10-21-19(14-28)18-12-17(29)13-20(30)25(18)31-21/h4-7,12-13,15,24,31,34H,3,8-11,14H2,1-2H3,(H,32,35)(H,33,36)(H,37,38)/t15?,24?,28-/m0/s1. The molecule has 202 valence electrons. The van der Waals surface area contributed by atoms with Gasteiger partial charge in [-0.2, -0.15) is 0 Å². The van der Waals surface area contributed by atoms with Crippen LogP contribution in [0.25, 0.3) is 10.9 Å². The summed E-state index contributed by atoms with van der Waals surface area (Å²) in [5.74, 6) is -2.18. The van der Waals surface area contributed by atoms with E-state index in [0.717, 1.165) is 16.6 Å². The molecular formula is C28H31Cl2N3O5. The van der Waals surface area contributed by atoms with Gasteiger partial charge in [0, 0.05) is 28.9 Å². The first kappa shape index (κ1) is 27.8. The molecule has 3 atom stereocenters. The third-order valence-electron chi connectivity index (χ3n) is 7.50. The summed E-state index contributed by atoms with van der Waals surface area (Å²) in [6, 6.07) is 9.22. The molecule has 0 bridgehead atoms. The Morgan fingerprint density at radius 3 is 2.61 bits per heavy atom. The Kier molecular flexibility index (Phi) is 8.23. The van der Waals surface area contributed by atoms with Gasteiger partial charge in [0.05, 0.1) is 10.5 Å². The number of hydrogen-bond donors (Lipinski definition) is 5. The maximum Gasteiger partial charge on any atom is 0.329 e. The first-order chi connectivity index (χ1) is 18.0. The fourth-order valence-corrected chi connectivity index (χ4v) is 5.59. The fourth-order valence-electron chi connectivity index (χ4n) is 5.05. The number of rotatable bonds is 9. The van der Waals surface area contributed by atoms with Crippen molar-refractivity contribution in [2.75, 3.05) is 0 Å². The molecule has 2 amide bonds. The molecule has 0 radical (unpaired) electrons. The Labute approximate surface area is 230 Å². The predicted molar refractivity (Wildman–Crippen MR) is 147 cm³/mol. The number of carboxylic acid groups (broad SMARTS) is 1. The van der Waals surface area contributed by atoms with Crippen LogP contribution in [0.1, 0.15) is 49.9 Å². The predicted octanol–water partition coefficient (Wildman–Crippen LogP) is 4.77.